The molecule has 2 aliphatic rings. The zero-order valence-corrected chi connectivity index (χ0v) is 15.1. The standard InChI is InChI=1S/C17H30N6O3/c18-17(19)21-7-4-5-12(11-24)22-15(25)14-13(6-8-20-14)16(26)23-9-2-1-3-10-23/h11-14,20H,1-10H2,(H,22,25)(H4,18,19,21)/t12-,13?,14-/m0/s1. The summed E-state index contributed by atoms with van der Waals surface area (Å²) in [6.07, 6.45) is 5.58. The molecule has 0 saturated carbocycles. The molecule has 2 amide bonds. The van der Waals surface area contributed by atoms with Crippen LogP contribution in [0.1, 0.15) is 38.5 Å². The zero-order valence-electron chi connectivity index (χ0n) is 15.1. The largest absolute Gasteiger partial charge is 0.370 e. The van der Waals surface area contributed by atoms with Crippen molar-refractivity contribution in [2.45, 2.75) is 50.6 Å². The summed E-state index contributed by atoms with van der Waals surface area (Å²) in [5.74, 6) is -0.733. The maximum absolute atomic E-state index is 12.7. The van der Waals surface area contributed by atoms with Crippen molar-refractivity contribution in [2.75, 3.05) is 26.2 Å². The number of nitrogens with two attached hydrogens (primary N) is 1. The second-order valence-corrected chi connectivity index (χ2v) is 6.95. The quantitative estimate of drug-likeness (QED) is 0.160. The average molecular weight is 366 g/mol. The van der Waals surface area contributed by atoms with E-state index in [1.54, 1.807) is 0 Å². The van der Waals surface area contributed by atoms with Crippen molar-refractivity contribution in [1.29, 1.82) is 5.41 Å². The third-order valence-electron chi connectivity index (χ3n) is 4.99. The number of likely N-dealkylation sites (tertiary alicyclic amines) is 1. The third kappa shape index (κ3) is 5.69. The van der Waals surface area contributed by atoms with Gasteiger partial charge in [0.1, 0.15) is 6.29 Å². The molecular weight excluding hydrogens is 336 g/mol. The molecule has 0 spiro atoms. The Morgan fingerprint density at radius 2 is 2.04 bits per heavy atom. The molecule has 2 fully saturated rings. The lowest BCUT2D eigenvalue weighted by molar-refractivity contribution is -0.139. The van der Waals surface area contributed by atoms with Crippen LogP contribution in [0.3, 0.4) is 0 Å². The van der Waals surface area contributed by atoms with E-state index in [0.29, 0.717) is 38.6 Å². The average Bonchev–Trinajstić information content (AvgIpc) is 3.13. The molecule has 2 aliphatic heterocycles. The lowest BCUT2D eigenvalue weighted by atomic mass is 9.96. The van der Waals surface area contributed by atoms with Gasteiger partial charge >= 0.3 is 0 Å². The van der Waals surface area contributed by atoms with Crippen LogP contribution in [-0.2, 0) is 14.4 Å². The lowest BCUT2D eigenvalue weighted by Crippen LogP contribution is -2.52. The van der Waals surface area contributed by atoms with Crippen molar-refractivity contribution in [2.24, 2.45) is 11.7 Å². The summed E-state index contributed by atoms with van der Waals surface area (Å²) < 4.78 is 0. The van der Waals surface area contributed by atoms with Crippen molar-refractivity contribution in [3.05, 3.63) is 0 Å². The molecule has 6 N–H and O–H groups in total. The second kappa shape index (κ2) is 10.1. The summed E-state index contributed by atoms with van der Waals surface area (Å²) in [5.41, 5.74) is 5.20. The molecule has 9 nitrogen and oxygen atoms in total. The summed E-state index contributed by atoms with van der Waals surface area (Å²) in [6.45, 7) is 2.62. The number of carbonyl (C=O) groups is 3. The summed E-state index contributed by atoms with van der Waals surface area (Å²) in [4.78, 5) is 38.4. The zero-order chi connectivity index (χ0) is 18.9. The van der Waals surface area contributed by atoms with Crippen molar-refractivity contribution in [3.63, 3.8) is 0 Å². The van der Waals surface area contributed by atoms with E-state index in [-0.39, 0.29) is 23.7 Å². The van der Waals surface area contributed by atoms with E-state index in [9.17, 15) is 14.4 Å². The molecule has 2 rings (SSSR count). The van der Waals surface area contributed by atoms with Gasteiger partial charge < -0.3 is 31.4 Å². The first-order valence-corrected chi connectivity index (χ1v) is 9.38. The number of hydrogen-bond acceptors (Lipinski definition) is 5. The number of nitrogens with one attached hydrogen (secondary N) is 4. The predicted molar refractivity (Wildman–Crippen MR) is 97.5 cm³/mol. The van der Waals surface area contributed by atoms with E-state index in [2.05, 4.69) is 16.0 Å². The van der Waals surface area contributed by atoms with Gasteiger partial charge in [0.15, 0.2) is 5.96 Å². The Morgan fingerprint density at radius 1 is 1.31 bits per heavy atom. The van der Waals surface area contributed by atoms with Gasteiger partial charge in [0.25, 0.3) is 0 Å². The molecule has 0 radical (unpaired) electrons. The number of piperidine rings is 1. The number of rotatable bonds is 8. The SMILES string of the molecule is N=C(N)NCCC[C@@H](C=O)NC(=O)[C@H]1NCCC1C(=O)N1CCCCC1. The van der Waals surface area contributed by atoms with Gasteiger partial charge in [-0.2, -0.15) is 0 Å². The predicted octanol–water partition coefficient (Wildman–Crippen LogP) is -1.08. The van der Waals surface area contributed by atoms with Crippen LogP contribution in [0.5, 0.6) is 0 Å². The Bertz CT molecular complexity index is 521. The molecule has 0 aromatic rings. The van der Waals surface area contributed by atoms with Crippen LogP contribution in [0.25, 0.3) is 0 Å². The molecule has 0 aromatic carbocycles. The second-order valence-electron chi connectivity index (χ2n) is 6.95. The molecule has 26 heavy (non-hydrogen) atoms. The molecular formula is C17H30N6O3. The minimum atomic E-state index is -0.607. The minimum Gasteiger partial charge on any atom is -0.370 e. The lowest BCUT2D eigenvalue weighted by Gasteiger charge is -2.31. The molecule has 0 aromatic heterocycles. The van der Waals surface area contributed by atoms with Gasteiger partial charge in [-0.05, 0) is 45.1 Å². The normalized spacial score (nSPS) is 23.9. The van der Waals surface area contributed by atoms with E-state index in [4.69, 9.17) is 11.1 Å². The summed E-state index contributed by atoms with van der Waals surface area (Å²) in [7, 11) is 0. The van der Waals surface area contributed by atoms with Crippen LogP contribution in [0.4, 0.5) is 0 Å². The molecule has 2 heterocycles. The Hall–Kier alpha value is -2.16. The van der Waals surface area contributed by atoms with E-state index >= 15 is 0 Å². The highest BCUT2D eigenvalue weighted by Crippen LogP contribution is 2.21. The number of aldehydes is 1. The fraction of sp³-hybridized carbons (Fsp3) is 0.765. The van der Waals surface area contributed by atoms with Gasteiger partial charge in [-0.25, -0.2) is 0 Å². The molecule has 3 atom stereocenters. The maximum atomic E-state index is 12.7. The van der Waals surface area contributed by atoms with E-state index < -0.39 is 12.1 Å². The summed E-state index contributed by atoms with van der Waals surface area (Å²) in [6, 6.07) is -1.19. The first-order valence-electron chi connectivity index (χ1n) is 9.38. The van der Waals surface area contributed by atoms with Gasteiger partial charge in [0.2, 0.25) is 11.8 Å². The van der Waals surface area contributed by atoms with Crippen LogP contribution >= 0.6 is 0 Å². The van der Waals surface area contributed by atoms with Crippen molar-refractivity contribution < 1.29 is 14.4 Å². The van der Waals surface area contributed by atoms with E-state index in [1.807, 2.05) is 4.90 Å². The Morgan fingerprint density at radius 3 is 2.69 bits per heavy atom. The molecule has 2 saturated heterocycles. The van der Waals surface area contributed by atoms with Gasteiger partial charge in [0, 0.05) is 19.6 Å². The number of hydrogen-bond donors (Lipinski definition) is 5. The number of guanidine groups is 1. The highest BCUT2D eigenvalue weighted by Gasteiger charge is 2.40. The van der Waals surface area contributed by atoms with Crippen molar-refractivity contribution >= 4 is 24.1 Å². The number of amides is 2. The number of nitrogens with zero attached hydrogens (tertiary/aromatic N) is 1. The first-order chi connectivity index (χ1) is 12.5. The van der Waals surface area contributed by atoms with Crippen LogP contribution in [0, 0.1) is 11.3 Å². The highest BCUT2D eigenvalue weighted by molar-refractivity contribution is 5.92. The van der Waals surface area contributed by atoms with Crippen molar-refractivity contribution in [3.8, 4) is 0 Å². The van der Waals surface area contributed by atoms with Gasteiger partial charge in [-0.15, -0.1) is 0 Å². The Labute approximate surface area is 153 Å². The van der Waals surface area contributed by atoms with Crippen LogP contribution < -0.4 is 21.7 Å². The summed E-state index contributed by atoms with van der Waals surface area (Å²) >= 11 is 0. The number of carbonyl (C=O) groups excluding carboxylic acids is 3. The fourth-order valence-electron chi connectivity index (χ4n) is 3.59. The minimum absolute atomic E-state index is 0.0446. The monoisotopic (exact) mass is 366 g/mol. The molecule has 1 unspecified atom stereocenters. The van der Waals surface area contributed by atoms with Gasteiger partial charge in [-0.3, -0.25) is 15.0 Å². The summed E-state index contributed by atoms with van der Waals surface area (Å²) in [5, 5.41) is 15.6. The molecule has 0 bridgehead atoms. The van der Waals surface area contributed by atoms with Crippen LogP contribution in [0.2, 0.25) is 0 Å². The highest BCUT2D eigenvalue weighted by atomic mass is 16.2. The van der Waals surface area contributed by atoms with Crippen molar-refractivity contribution in [1.82, 2.24) is 20.9 Å². The Kier molecular flexibility index (Phi) is 7.83. The molecule has 9 heteroatoms. The maximum Gasteiger partial charge on any atom is 0.238 e. The third-order valence-corrected chi connectivity index (χ3v) is 4.99. The van der Waals surface area contributed by atoms with E-state index in [1.165, 1.54) is 0 Å². The Balaban J connectivity index is 1.84. The first kappa shape index (κ1) is 20.2. The van der Waals surface area contributed by atoms with Crippen LogP contribution in [-0.4, -0.2) is 67.2 Å². The van der Waals surface area contributed by atoms with Gasteiger partial charge in [-0.1, -0.05) is 0 Å². The molecule has 146 valence electrons. The smallest absolute Gasteiger partial charge is 0.238 e. The topological polar surface area (TPSA) is 140 Å². The van der Waals surface area contributed by atoms with Crippen LogP contribution in [0.15, 0.2) is 0 Å². The van der Waals surface area contributed by atoms with E-state index in [0.717, 1.165) is 32.4 Å². The van der Waals surface area contributed by atoms with Gasteiger partial charge in [0.05, 0.1) is 18.0 Å². The molecule has 0 aliphatic carbocycles. The fourth-order valence-corrected chi connectivity index (χ4v) is 3.59.